The van der Waals surface area contributed by atoms with Crippen molar-refractivity contribution in [2.45, 2.75) is 0 Å². The molecule has 0 atom stereocenters. The van der Waals surface area contributed by atoms with Crippen molar-refractivity contribution in [3.05, 3.63) is 48.5 Å². The molecule has 0 aliphatic rings. The quantitative estimate of drug-likeness (QED) is 0.764. The summed E-state index contributed by atoms with van der Waals surface area (Å²) in [6.07, 6.45) is 1.10. The Morgan fingerprint density at radius 1 is 1.08 bits per heavy atom. The van der Waals surface area contributed by atoms with Gasteiger partial charge in [0, 0.05) is 11.3 Å². The summed E-state index contributed by atoms with van der Waals surface area (Å²) < 4.78 is 35.4. The van der Waals surface area contributed by atoms with Crippen molar-refractivity contribution in [3.8, 4) is 28.6 Å². The van der Waals surface area contributed by atoms with Crippen LogP contribution in [0.1, 0.15) is 0 Å². The zero-order valence-corrected chi connectivity index (χ0v) is 13.9. The number of anilines is 1. The number of nitrogens with zero attached hydrogens (tertiary/aromatic N) is 2. The van der Waals surface area contributed by atoms with E-state index in [0.29, 0.717) is 34.3 Å². The van der Waals surface area contributed by atoms with Crippen molar-refractivity contribution in [1.29, 1.82) is 0 Å². The normalized spacial score (nSPS) is 11.2. The number of rotatable bonds is 5. The largest absolute Gasteiger partial charge is 0.496 e. The summed E-state index contributed by atoms with van der Waals surface area (Å²) in [5.41, 5.74) is 1.88. The van der Waals surface area contributed by atoms with Crippen molar-refractivity contribution in [3.63, 3.8) is 0 Å². The summed E-state index contributed by atoms with van der Waals surface area (Å²) in [7, 11) is -1.73. The van der Waals surface area contributed by atoms with Crippen molar-refractivity contribution in [1.82, 2.24) is 10.1 Å². The van der Waals surface area contributed by atoms with Crippen LogP contribution in [0.2, 0.25) is 0 Å². The monoisotopic (exact) mass is 345 g/mol. The molecule has 24 heavy (non-hydrogen) atoms. The second-order valence-electron chi connectivity index (χ2n) is 5.07. The molecule has 0 unspecified atom stereocenters. The van der Waals surface area contributed by atoms with Crippen LogP contribution >= 0.6 is 0 Å². The molecule has 8 heteroatoms. The Morgan fingerprint density at radius 3 is 2.46 bits per heavy atom. The van der Waals surface area contributed by atoms with E-state index in [1.54, 1.807) is 31.4 Å². The lowest BCUT2D eigenvalue weighted by molar-refractivity contribution is 0.405. The van der Waals surface area contributed by atoms with Crippen LogP contribution in [0.15, 0.2) is 53.1 Å². The molecule has 0 saturated heterocycles. The number of hydrogen-bond acceptors (Lipinski definition) is 6. The molecule has 0 bridgehead atoms. The van der Waals surface area contributed by atoms with Gasteiger partial charge in [-0.05, 0) is 36.4 Å². The highest BCUT2D eigenvalue weighted by Crippen LogP contribution is 2.30. The van der Waals surface area contributed by atoms with Gasteiger partial charge in [0.05, 0.1) is 18.9 Å². The first-order valence-electron chi connectivity index (χ1n) is 7.01. The molecular formula is C16H15N3O4S. The molecule has 3 aromatic rings. The fraction of sp³-hybridized carbons (Fsp3) is 0.125. The predicted molar refractivity (Wildman–Crippen MR) is 90.2 cm³/mol. The van der Waals surface area contributed by atoms with Gasteiger partial charge < -0.3 is 9.26 Å². The number of para-hydroxylation sites is 1. The maximum absolute atomic E-state index is 11.2. The zero-order chi connectivity index (χ0) is 17.2. The molecule has 1 aromatic heterocycles. The van der Waals surface area contributed by atoms with Gasteiger partial charge in [-0.1, -0.05) is 17.3 Å². The van der Waals surface area contributed by atoms with Crippen LogP contribution in [0.4, 0.5) is 5.69 Å². The molecule has 0 radical (unpaired) electrons. The molecule has 0 saturated carbocycles. The minimum Gasteiger partial charge on any atom is -0.496 e. The fourth-order valence-electron chi connectivity index (χ4n) is 2.17. The molecule has 0 fully saturated rings. The molecule has 124 valence electrons. The second kappa shape index (κ2) is 6.32. The first-order chi connectivity index (χ1) is 11.5. The van der Waals surface area contributed by atoms with E-state index in [1.165, 1.54) is 0 Å². The summed E-state index contributed by atoms with van der Waals surface area (Å²) in [6.45, 7) is 0. The second-order valence-corrected chi connectivity index (χ2v) is 6.82. The number of ether oxygens (including phenoxy) is 1. The van der Waals surface area contributed by atoms with Gasteiger partial charge in [-0.3, -0.25) is 4.72 Å². The van der Waals surface area contributed by atoms with E-state index in [0.717, 1.165) is 6.26 Å². The van der Waals surface area contributed by atoms with Crippen LogP contribution in [0.5, 0.6) is 5.75 Å². The first kappa shape index (κ1) is 16.0. The van der Waals surface area contributed by atoms with Crippen molar-refractivity contribution in [2.24, 2.45) is 0 Å². The highest BCUT2D eigenvalue weighted by Gasteiger charge is 2.14. The molecular weight excluding hydrogens is 330 g/mol. The van der Waals surface area contributed by atoms with E-state index < -0.39 is 10.0 Å². The first-order valence-corrected chi connectivity index (χ1v) is 8.91. The molecule has 1 N–H and O–H groups in total. The summed E-state index contributed by atoms with van der Waals surface area (Å²) in [4.78, 5) is 4.37. The maximum Gasteiger partial charge on any atom is 0.262 e. The predicted octanol–water partition coefficient (Wildman–Crippen LogP) is 2.78. The third-order valence-corrected chi connectivity index (χ3v) is 3.82. The third kappa shape index (κ3) is 3.54. The number of benzene rings is 2. The summed E-state index contributed by atoms with van der Waals surface area (Å²) in [5.74, 6) is 1.39. The minimum atomic E-state index is -3.31. The topological polar surface area (TPSA) is 94.3 Å². The Hall–Kier alpha value is -2.87. The third-order valence-electron chi connectivity index (χ3n) is 3.21. The van der Waals surface area contributed by atoms with E-state index in [9.17, 15) is 8.42 Å². The fourth-order valence-corrected chi connectivity index (χ4v) is 2.74. The highest BCUT2D eigenvalue weighted by molar-refractivity contribution is 7.92. The molecule has 7 nitrogen and oxygen atoms in total. The number of hydrogen-bond donors (Lipinski definition) is 1. The molecule has 0 aliphatic heterocycles. The van der Waals surface area contributed by atoms with Gasteiger partial charge in [0.15, 0.2) is 0 Å². The molecule has 0 aliphatic carbocycles. The van der Waals surface area contributed by atoms with E-state index in [2.05, 4.69) is 14.9 Å². The lowest BCUT2D eigenvalue weighted by Crippen LogP contribution is -2.09. The van der Waals surface area contributed by atoms with E-state index in [4.69, 9.17) is 9.26 Å². The number of methoxy groups -OCH3 is 1. The van der Waals surface area contributed by atoms with E-state index >= 15 is 0 Å². The van der Waals surface area contributed by atoms with Gasteiger partial charge in [-0.15, -0.1) is 0 Å². The summed E-state index contributed by atoms with van der Waals surface area (Å²) in [6, 6.07) is 14.0. The average Bonchev–Trinajstić information content (AvgIpc) is 3.04. The van der Waals surface area contributed by atoms with Crippen LogP contribution in [-0.2, 0) is 10.0 Å². The summed E-state index contributed by atoms with van der Waals surface area (Å²) >= 11 is 0. The van der Waals surface area contributed by atoms with Crippen molar-refractivity contribution in [2.75, 3.05) is 18.1 Å². The Kier molecular flexibility index (Phi) is 4.22. The van der Waals surface area contributed by atoms with Crippen LogP contribution in [-0.4, -0.2) is 31.9 Å². The molecule has 3 rings (SSSR count). The average molecular weight is 345 g/mol. The number of sulfonamides is 1. The Balaban J connectivity index is 1.88. The van der Waals surface area contributed by atoms with Gasteiger partial charge >= 0.3 is 0 Å². The Morgan fingerprint density at radius 2 is 1.79 bits per heavy atom. The van der Waals surface area contributed by atoms with E-state index in [-0.39, 0.29) is 0 Å². The standard InChI is InChI=1S/C16H15N3O4S/c1-22-14-6-4-3-5-13(14)16-17-15(18-23-16)11-7-9-12(10-8-11)19-24(2,20)21/h3-10,19H,1-2H3. The molecule has 1 heterocycles. The molecule has 2 aromatic carbocycles. The smallest absolute Gasteiger partial charge is 0.262 e. The van der Waals surface area contributed by atoms with Crippen molar-refractivity contribution < 1.29 is 17.7 Å². The lowest BCUT2D eigenvalue weighted by atomic mass is 10.2. The SMILES string of the molecule is COc1ccccc1-c1nc(-c2ccc(NS(C)(=O)=O)cc2)no1. The van der Waals surface area contributed by atoms with Gasteiger partial charge in [-0.25, -0.2) is 8.42 Å². The van der Waals surface area contributed by atoms with Gasteiger partial charge in [0.1, 0.15) is 5.75 Å². The highest BCUT2D eigenvalue weighted by atomic mass is 32.2. The van der Waals surface area contributed by atoms with Crippen LogP contribution < -0.4 is 9.46 Å². The van der Waals surface area contributed by atoms with Gasteiger partial charge in [-0.2, -0.15) is 4.98 Å². The zero-order valence-electron chi connectivity index (χ0n) is 13.1. The lowest BCUT2D eigenvalue weighted by Gasteiger charge is -2.03. The van der Waals surface area contributed by atoms with Crippen molar-refractivity contribution >= 4 is 15.7 Å². The number of aromatic nitrogens is 2. The van der Waals surface area contributed by atoms with Gasteiger partial charge in [0.2, 0.25) is 15.8 Å². The molecule has 0 amide bonds. The van der Waals surface area contributed by atoms with Crippen LogP contribution in [0, 0.1) is 0 Å². The number of nitrogens with one attached hydrogen (secondary N) is 1. The Bertz CT molecular complexity index is 949. The van der Waals surface area contributed by atoms with E-state index in [1.807, 2.05) is 24.3 Å². The minimum absolute atomic E-state index is 0.348. The summed E-state index contributed by atoms with van der Waals surface area (Å²) in [5, 5.41) is 3.96. The Labute approximate surface area is 139 Å². The maximum atomic E-state index is 11.2. The van der Waals surface area contributed by atoms with Crippen LogP contribution in [0.3, 0.4) is 0 Å². The van der Waals surface area contributed by atoms with Gasteiger partial charge in [0.25, 0.3) is 5.89 Å². The molecule has 0 spiro atoms. The van der Waals surface area contributed by atoms with Crippen LogP contribution in [0.25, 0.3) is 22.8 Å².